The van der Waals surface area contributed by atoms with E-state index in [1.165, 1.54) is 77.2 Å². The predicted octanol–water partition coefficient (Wildman–Crippen LogP) is 3.82. The van der Waals surface area contributed by atoms with Crippen LogP contribution in [0.2, 0.25) is 0 Å². The van der Waals surface area contributed by atoms with E-state index in [0.29, 0.717) is 17.9 Å². The molecule has 0 saturated heterocycles. The first-order valence-electron chi connectivity index (χ1n) is 11.9. The maximum absolute atomic E-state index is 13.2. The fourth-order valence-electron chi connectivity index (χ4n) is 5.87. The van der Waals surface area contributed by atoms with Gasteiger partial charge in [-0.05, 0) is 69.2 Å². The number of nitrogens with two attached hydrogens (primary N) is 1. The van der Waals surface area contributed by atoms with Gasteiger partial charge in [0.15, 0.2) is 5.96 Å². The zero-order valence-corrected chi connectivity index (χ0v) is 17.8. The normalized spacial score (nSPS) is 34.7. The Morgan fingerprint density at radius 3 is 2.46 bits per heavy atom. The van der Waals surface area contributed by atoms with Crippen molar-refractivity contribution in [1.29, 1.82) is 0 Å². The van der Waals surface area contributed by atoms with Crippen molar-refractivity contribution in [2.24, 2.45) is 28.5 Å². The van der Waals surface area contributed by atoms with Crippen LogP contribution in [0.25, 0.3) is 0 Å². The summed E-state index contributed by atoms with van der Waals surface area (Å²) in [7, 11) is 1.80. The number of hydrogen-bond donors (Lipinski definition) is 2. The Hall–Kier alpha value is -1.10. The summed E-state index contributed by atoms with van der Waals surface area (Å²) in [6, 6.07) is 0.630. The highest BCUT2D eigenvalue weighted by Gasteiger charge is 2.48. The number of hydrogen-bond acceptors (Lipinski definition) is 4. The minimum Gasteiger partial charge on any atom is -0.369 e. The van der Waals surface area contributed by atoms with Gasteiger partial charge < -0.3 is 11.1 Å². The maximum Gasteiger partial charge on any atom is 0.257 e. The number of nitrogens with zero attached hydrogens (tertiary/aromatic N) is 2. The third kappa shape index (κ3) is 4.72. The molecule has 3 atom stereocenters. The van der Waals surface area contributed by atoms with Crippen molar-refractivity contribution in [3.05, 3.63) is 0 Å². The molecule has 5 nitrogen and oxygen atoms in total. The van der Waals surface area contributed by atoms with E-state index in [1.54, 1.807) is 11.9 Å². The highest BCUT2D eigenvalue weighted by atomic mass is 16.2. The average Bonchev–Trinajstić information content (AvgIpc) is 3.52. The Balaban J connectivity index is 1.39. The van der Waals surface area contributed by atoms with E-state index in [4.69, 9.17) is 10.7 Å². The van der Waals surface area contributed by atoms with E-state index >= 15 is 0 Å². The van der Waals surface area contributed by atoms with E-state index in [2.05, 4.69) is 5.32 Å². The molecule has 0 spiro atoms. The van der Waals surface area contributed by atoms with Gasteiger partial charge in [-0.3, -0.25) is 9.69 Å². The van der Waals surface area contributed by atoms with Crippen molar-refractivity contribution < 1.29 is 4.79 Å². The lowest BCUT2D eigenvalue weighted by Crippen LogP contribution is -2.45. The lowest BCUT2D eigenvalue weighted by molar-refractivity contribution is -0.131. The van der Waals surface area contributed by atoms with Gasteiger partial charge in [-0.15, -0.1) is 0 Å². The first kappa shape index (κ1) is 20.2. The molecule has 28 heavy (non-hydrogen) atoms. The first-order valence-corrected chi connectivity index (χ1v) is 11.9. The van der Waals surface area contributed by atoms with Gasteiger partial charge in [0.2, 0.25) is 0 Å². The van der Waals surface area contributed by atoms with Gasteiger partial charge in [-0.2, -0.15) is 0 Å². The molecule has 0 aromatic heterocycles. The van der Waals surface area contributed by atoms with Crippen LogP contribution in [0, 0.1) is 17.8 Å². The van der Waals surface area contributed by atoms with E-state index < -0.39 is 5.54 Å². The molecule has 1 aliphatic heterocycles. The highest BCUT2D eigenvalue weighted by Crippen LogP contribution is 2.40. The number of rotatable bonds is 8. The topological polar surface area (TPSA) is 70.7 Å². The molecule has 3 saturated carbocycles. The minimum absolute atomic E-state index is 0.147. The quantitative estimate of drug-likeness (QED) is 0.664. The third-order valence-corrected chi connectivity index (χ3v) is 7.87. The van der Waals surface area contributed by atoms with Crippen LogP contribution in [0.15, 0.2) is 4.99 Å². The van der Waals surface area contributed by atoms with Crippen LogP contribution in [0.4, 0.5) is 0 Å². The van der Waals surface area contributed by atoms with Crippen molar-refractivity contribution in [2.75, 3.05) is 13.6 Å². The average molecular weight is 389 g/mol. The Kier molecular flexibility index (Phi) is 6.29. The van der Waals surface area contributed by atoms with Crippen LogP contribution >= 0.6 is 0 Å². The monoisotopic (exact) mass is 388 g/mol. The molecule has 5 heteroatoms. The molecule has 0 bridgehead atoms. The Morgan fingerprint density at radius 2 is 1.79 bits per heavy atom. The highest BCUT2D eigenvalue weighted by molar-refractivity contribution is 6.06. The largest absolute Gasteiger partial charge is 0.369 e. The van der Waals surface area contributed by atoms with Crippen LogP contribution in [-0.2, 0) is 4.79 Å². The molecule has 1 heterocycles. The lowest BCUT2D eigenvalue weighted by atomic mass is 9.74. The summed E-state index contributed by atoms with van der Waals surface area (Å²) in [4.78, 5) is 19.6. The van der Waals surface area contributed by atoms with Crippen LogP contribution in [-0.4, -0.2) is 41.9 Å². The third-order valence-electron chi connectivity index (χ3n) is 7.87. The molecular weight excluding hydrogens is 348 g/mol. The van der Waals surface area contributed by atoms with Gasteiger partial charge in [-0.25, -0.2) is 4.99 Å². The van der Waals surface area contributed by atoms with Gasteiger partial charge in [0, 0.05) is 13.1 Å². The minimum atomic E-state index is -0.584. The van der Waals surface area contributed by atoms with Gasteiger partial charge >= 0.3 is 0 Å². The van der Waals surface area contributed by atoms with Crippen LogP contribution < -0.4 is 11.1 Å². The molecule has 0 radical (unpaired) electrons. The number of carbonyl (C=O) groups is 1. The maximum atomic E-state index is 13.2. The molecular formula is C23H40N4O. The zero-order valence-electron chi connectivity index (χ0n) is 17.8. The van der Waals surface area contributed by atoms with E-state index in [-0.39, 0.29) is 5.91 Å². The number of likely N-dealkylation sites (N-methyl/N-ethyl adjacent to an activating group) is 1. The number of amides is 1. The smallest absolute Gasteiger partial charge is 0.257 e. The van der Waals surface area contributed by atoms with Crippen LogP contribution in [0.3, 0.4) is 0 Å². The molecule has 4 aliphatic rings. The summed E-state index contributed by atoms with van der Waals surface area (Å²) in [5.74, 6) is 2.86. The van der Waals surface area contributed by atoms with Crippen molar-refractivity contribution in [3.63, 3.8) is 0 Å². The second-order valence-electron chi connectivity index (χ2n) is 10.2. The van der Waals surface area contributed by atoms with Crippen molar-refractivity contribution in [3.8, 4) is 0 Å². The van der Waals surface area contributed by atoms with E-state index in [1.807, 2.05) is 0 Å². The van der Waals surface area contributed by atoms with Crippen molar-refractivity contribution in [1.82, 2.24) is 10.2 Å². The lowest BCUT2D eigenvalue weighted by Gasteiger charge is -2.35. The summed E-state index contributed by atoms with van der Waals surface area (Å²) in [5, 5.41) is 3.81. The number of guanidine groups is 1. The van der Waals surface area contributed by atoms with Gasteiger partial charge in [-0.1, -0.05) is 44.9 Å². The van der Waals surface area contributed by atoms with Crippen molar-refractivity contribution >= 4 is 11.9 Å². The second-order valence-corrected chi connectivity index (χ2v) is 10.2. The predicted molar refractivity (Wildman–Crippen MR) is 114 cm³/mol. The molecule has 3 fully saturated rings. The SMILES string of the molecule is CN1C(=O)[C@@](CCC2CCCCC2)(C[C@@H]2CCC[C@@H](NCC3CC3)C2)N=C1N. The summed E-state index contributed by atoms with van der Waals surface area (Å²) in [5.41, 5.74) is 5.53. The number of aliphatic imine (C=N–C) groups is 1. The number of nitrogens with one attached hydrogen (secondary N) is 1. The first-order chi connectivity index (χ1) is 13.6. The fraction of sp³-hybridized carbons (Fsp3) is 0.913. The van der Waals surface area contributed by atoms with E-state index in [9.17, 15) is 4.79 Å². The second kappa shape index (κ2) is 8.73. The Morgan fingerprint density at radius 1 is 1.04 bits per heavy atom. The van der Waals surface area contributed by atoms with Gasteiger partial charge in [0.05, 0.1) is 0 Å². The van der Waals surface area contributed by atoms with E-state index in [0.717, 1.165) is 31.1 Å². The molecule has 4 rings (SSSR count). The molecule has 1 amide bonds. The van der Waals surface area contributed by atoms with Crippen LogP contribution in [0.1, 0.15) is 89.9 Å². The molecule has 0 aromatic rings. The van der Waals surface area contributed by atoms with Crippen molar-refractivity contribution in [2.45, 2.75) is 101 Å². The Bertz CT molecular complexity index is 581. The summed E-state index contributed by atoms with van der Waals surface area (Å²) < 4.78 is 0. The summed E-state index contributed by atoms with van der Waals surface area (Å²) >= 11 is 0. The standard InChI is InChI=1S/C23H40N4O/c1-27-21(28)23(26-22(27)24,13-12-17-6-3-2-4-7-17)15-19-8-5-9-20(14-19)25-16-18-10-11-18/h17-20,25H,2-16H2,1H3,(H2,24,26)/t19-,20-,23-/m1/s1. The zero-order chi connectivity index (χ0) is 19.6. The molecule has 3 aliphatic carbocycles. The molecule has 0 aromatic carbocycles. The number of carbonyl (C=O) groups excluding carboxylic acids is 1. The van der Waals surface area contributed by atoms with Gasteiger partial charge in [0.1, 0.15) is 5.54 Å². The molecule has 0 unspecified atom stereocenters. The van der Waals surface area contributed by atoms with Gasteiger partial charge in [0.25, 0.3) is 5.91 Å². The fourth-order valence-corrected chi connectivity index (χ4v) is 5.87. The summed E-state index contributed by atoms with van der Waals surface area (Å²) in [6.45, 7) is 1.19. The Labute approximate surface area is 170 Å². The molecule has 3 N–H and O–H groups in total. The summed E-state index contributed by atoms with van der Waals surface area (Å²) in [6.07, 6.45) is 17.5. The molecule has 158 valence electrons. The van der Waals surface area contributed by atoms with Crippen LogP contribution in [0.5, 0.6) is 0 Å².